The maximum absolute atomic E-state index is 10.5. The SMILES string of the molecule is CCC(C)(C(O)Cc1nnn(C)n1)N1CCCC1. The standard InChI is InChI=1S/C12H23N5O/c1-4-12(2,17-7-5-6-8-17)10(18)9-11-13-15-16(3)14-11/h10,18H,4-9H2,1-3H3. The number of aryl methyl sites for hydroxylation is 1. The fourth-order valence-electron chi connectivity index (χ4n) is 2.70. The third-order valence-corrected chi connectivity index (χ3v) is 4.19. The molecule has 2 heterocycles. The van der Waals surface area contributed by atoms with E-state index in [1.54, 1.807) is 7.05 Å². The molecule has 0 amide bonds. The van der Waals surface area contributed by atoms with Gasteiger partial charge in [0.2, 0.25) is 0 Å². The number of aliphatic hydroxyl groups excluding tert-OH is 1. The van der Waals surface area contributed by atoms with Gasteiger partial charge in [-0.25, -0.2) is 0 Å². The van der Waals surface area contributed by atoms with E-state index in [2.05, 4.69) is 34.2 Å². The Kier molecular flexibility index (Phi) is 3.97. The van der Waals surface area contributed by atoms with Crippen LogP contribution in [0.1, 0.15) is 38.9 Å². The van der Waals surface area contributed by atoms with Crippen LogP contribution in [0.25, 0.3) is 0 Å². The van der Waals surface area contributed by atoms with Crippen LogP contribution in [0.3, 0.4) is 0 Å². The molecule has 1 aromatic rings. The van der Waals surface area contributed by atoms with Gasteiger partial charge in [-0.2, -0.15) is 4.80 Å². The molecule has 1 aliphatic heterocycles. The molecule has 18 heavy (non-hydrogen) atoms. The van der Waals surface area contributed by atoms with Crippen LogP contribution in [-0.2, 0) is 13.5 Å². The molecule has 1 aromatic heterocycles. The molecule has 0 radical (unpaired) electrons. The summed E-state index contributed by atoms with van der Waals surface area (Å²) in [6.45, 7) is 6.43. The summed E-state index contributed by atoms with van der Waals surface area (Å²) >= 11 is 0. The first-order valence-corrected chi connectivity index (χ1v) is 6.72. The number of likely N-dealkylation sites (tertiary alicyclic amines) is 1. The highest BCUT2D eigenvalue weighted by Crippen LogP contribution is 2.29. The molecule has 102 valence electrons. The number of aromatic nitrogens is 4. The second-order valence-corrected chi connectivity index (χ2v) is 5.32. The maximum atomic E-state index is 10.5. The quantitative estimate of drug-likeness (QED) is 0.821. The van der Waals surface area contributed by atoms with Crippen LogP contribution in [0.2, 0.25) is 0 Å². The Balaban J connectivity index is 2.06. The first kappa shape index (κ1) is 13.4. The summed E-state index contributed by atoms with van der Waals surface area (Å²) < 4.78 is 0. The van der Waals surface area contributed by atoms with Crippen LogP contribution in [0.4, 0.5) is 0 Å². The van der Waals surface area contributed by atoms with Gasteiger partial charge in [0.15, 0.2) is 5.82 Å². The molecule has 1 aliphatic rings. The molecule has 1 N–H and O–H groups in total. The van der Waals surface area contributed by atoms with Gasteiger partial charge in [-0.1, -0.05) is 6.92 Å². The van der Waals surface area contributed by atoms with Crippen LogP contribution in [0.15, 0.2) is 0 Å². The van der Waals surface area contributed by atoms with Crippen molar-refractivity contribution in [2.24, 2.45) is 7.05 Å². The molecule has 2 rings (SSSR count). The Morgan fingerprint density at radius 1 is 1.39 bits per heavy atom. The summed E-state index contributed by atoms with van der Waals surface area (Å²) in [5.41, 5.74) is -0.185. The Bertz CT molecular complexity index is 388. The average Bonchev–Trinajstić information content (AvgIpc) is 2.99. The first-order chi connectivity index (χ1) is 8.56. The largest absolute Gasteiger partial charge is 0.391 e. The second-order valence-electron chi connectivity index (χ2n) is 5.32. The van der Waals surface area contributed by atoms with Gasteiger partial charge in [0, 0.05) is 12.0 Å². The Morgan fingerprint density at radius 2 is 2.06 bits per heavy atom. The zero-order chi connectivity index (χ0) is 13.2. The summed E-state index contributed by atoms with van der Waals surface area (Å²) in [4.78, 5) is 3.83. The smallest absolute Gasteiger partial charge is 0.177 e. The van der Waals surface area contributed by atoms with Crippen LogP contribution in [0.5, 0.6) is 0 Å². The number of aliphatic hydroxyl groups is 1. The lowest BCUT2D eigenvalue weighted by atomic mass is 9.87. The molecule has 0 aromatic carbocycles. The van der Waals surface area contributed by atoms with Gasteiger partial charge in [0.25, 0.3) is 0 Å². The normalized spacial score (nSPS) is 22.0. The van der Waals surface area contributed by atoms with Gasteiger partial charge in [-0.15, -0.1) is 10.2 Å². The molecule has 0 aliphatic carbocycles. The van der Waals surface area contributed by atoms with E-state index in [9.17, 15) is 5.11 Å². The zero-order valence-corrected chi connectivity index (χ0v) is 11.5. The number of nitrogens with zero attached hydrogens (tertiary/aromatic N) is 5. The van der Waals surface area contributed by atoms with Gasteiger partial charge in [0.1, 0.15) is 0 Å². The molecule has 0 spiro atoms. The van der Waals surface area contributed by atoms with Crippen molar-refractivity contribution < 1.29 is 5.11 Å². The molecule has 2 unspecified atom stereocenters. The Morgan fingerprint density at radius 3 is 2.56 bits per heavy atom. The Hall–Kier alpha value is -1.01. The summed E-state index contributed by atoms with van der Waals surface area (Å²) in [7, 11) is 1.74. The van der Waals surface area contributed by atoms with Crippen LogP contribution in [0, 0.1) is 0 Å². The summed E-state index contributed by atoms with van der Waals surface area (Å²) in [5, 5.41) is 22.4. The first-order valence-electron chi connectivity index (χ1n) is 6.72. The van der Waals surface area contributed by atoms with E-state index < -0.39 is 6.10 Å². The predicted molar refractivity (Wildman–Crippen MR) is 68.0 cm³/mol. The zero-order valence-electron chi connectivity index (χ0n) is 11.5. The number of hydrogen-bond donors (Lipinski definition) is 1. The highest BCUT2D eigenvalue weighted by Gasteiger charge is 2.39. The maximum Gasteiger partial charge on any atom is 0.177 e. The third-order valence-electron chi connectivity index (χ3n) is 4.19. The highest BCUT2D eigenvalue weighted by molar-refractivity contribution is 4.98. The molecule has 1 fully saturated rings. The van der Waals surface area contributed by atoms with E-state index in [0.29, 0.717) is 12.2 Å². The van der Waals surface area contributed by atoms with Crippen molar-refractivity contribution in [3.8, 4) is 0 Å². The molecule has 0 saturated carbocycles. The lowest BCUT2D eigenvalue weighted by molar-refractivity contribution is -0.0127. The molecular weight excluding hydrogens is 230 g/mol. The van der Waals surface area contributed by atoms with E-state index >= 15 is 0 Å². The fourth-order valence-corrected chi connectivity index (χ4v) is 2.70. The summed E-state index contributed by atoms with van der Waals surface area (Å²) in [6.07, 6.45) is 3.39. The van der Waals surface area contributed by atoms with E-state index in [4.69, 9.17) is 0 Å². The van der Waals surface area contributed by atoms with E-state index in [0.717, 1.165) is 19.5 Å². The topological polar surface area (TPSA) is 67.1 Å². The fraction of sp³-hybridized carbons (Fsp3) is 0.917. The van der Waals surface area contributed by atoms with Crippen molar-refractivity contribution >= 4 is 0 Å². The molecule has 1 saturated heterocycles. The predicted octanol–water partition coefficient (Wildman–Crippen LogP) is 0.378. The molecule has 2 atom stereocenters. The van der Waals surface area contributed by atoms with Gasteiger partial charge < -0.3 is 5.11 Å². The molecule has 6 nitrogen and oxygen atoms in total. The van der Waals surface area contributed by atoms with E-state index in [-0.39, 0.29) is 5.54 Å². The third kappa shape index (κ3) is 2.54. The average molecular weight is 253 g/mol. The molecule has 0 bridgehead atoms. The minimum absolute atomic E-state index is 0.185. The molecular formula is C12H23N5O. The van der Waals surface area contributed by atoms with Crippen molar-refractivity contribution in [3.05, 3.63) is 5.82 Å². The van der Waals surface area contributed by atoms with Crippen LogP contribution < -0.4 is 0 Å². The van der Waals surface area contributed by atoms with Crippen LogP contribution in [-0.4, -0.2) is 54.9 Å². The highest BCUT2D eigenvalue weighted by atomic mass is 16.3. The number of hydrogen-bond acceptors (Lipinski definition) is 5. The molecule has 6 heteroatoms. The van der Waals surface area contributed by atoms with E-state index in [1.165, 1.54) is 17.6 Å². The van der Waals surface area contributed by atoms with Gasteiger partial charge in [-0.3, -0.25) is 4.90 Å². The minimum atomic E-state index is -0.454. The number of tetrazole rings is 1. The Labute approximate surface area is 108 Å². The summed E-state index contributed by atoms with van der Waals surface area (Å²) in [6, 6.07) is 0. The van der Waals surface area contributed by atoms with Gasteiger partial charge in [0.05, 0.1) is 13.2 Å². The lowest BCUT2D eigenvalue weighted by Crippen LogP contribution is -2.54. The number of rotatable bonds is 5. The van der Waals surface area contributed by atoms with Crippen molar-refractivity contribution in [1.82, 2.24) is 25.1 Å². The van der Waals surface area contributed by atoms with Crippen molar-refractivity contribution in [2.45, 2.75) is 51.2 Å². The monoisotopic (exact) mass is 253 g/mol. The summed E-state index contributed by atoms with van der Waals surface area (Å²) in [5.74, 6) is 0.615. The van der Waals surface area contributed by atoms with Crippen LogP contribution >= 0.6 is 0 Å². The van der Waals surface area contributed by atoms with Gasteiger partial charge >= 0.3 is 0 Å². The minimum Gasteiger partial charge on any atom is -0.391 e. The van der Waals surface area contributed by atoms with Crippen molar-refractivity contribution in [3.63, 3.8) is 0 Å². The second kappa shape index (κ2) is 5.32. The van der Waals surface area contributed by atoms with Crippen molar-refractivity contribution in [1.29, 1.82) is 0 Å². The van der Waals surface area contributed by atoms with E-state index in [1.807, 2.05) is 0 Å². The lowest BCUT2D eigenvalue weighted by Gasteiger charge is -2.41. The van der Waals surface area contributed by atoms with Crippen molar-refractivity contribution in [2.75, 3.05) is 13.1 Å². The van der Waals surface area contributed by atoms with Gasteiger partial charge in [-0.05, 0) is 44.5 Å².